The Labute approximate surface area is 132 Å². The van der Waals surface area contributed by atoms with Crippen LogP contribution in [-0.2, 0) is 7.05 Å². The van der Waals surface area contributed by atoms with Gasteiger partial charge < -0.3 is 10.4 Å². The maximum atomic E-state index is 13.9. The molecule has 118 valence electrons. The first-order valence-corrected chi connectivity index (χ1v) is 7.01. The normalized spacial score (nSPS) is 10.8. The molecule has 0 bridgehead atoms. The molecular formula is C17H15F2N3O. The zero-order valence-corrected chi connectivity index (χ0v) is 12.6. The van der Waals surface area contributed by atoms with Gasteiger partial charge in [0.25, 0.3) is 0 Å². The molecule has 0 saturated heterocycles. The molecule has 0 unspecified atom stereocenters. The summed E-state index contributed by atoms with van der Waals surface area (Å²) in [6.45, 7) is 1.77. The van der Waals surface area contributed by atoms with Gasteiger partial charge in [-0.25, -0.2) is 8.78 Å². The van der Waals surface area contributed by atoms with Crippen LogP contribution >= 0.6 is 0 Å². The molecule has 23 heavy (non-hydrogen) atoms. The molecule has 0 amide bonds. The van der Waals surface area contributed by atoms with E-state index in [2.05, 4.69) is 10.4 Å². The van der Waals surface area contributed by atoms with Crippen molar-refractivity contribution in [1.82, 2.24) is 9.78 Å². The fourth-order valence-electron chi connectivity index (χ4n) is 2.53. The standard InChI is InChI=1S/C17H15F2N3O/c1-10-16(12-8-7-11(18)9-15(12)23)17(22(2)21-10)20-14-6-4-3-5-13(14)19/h3-9,20,23H,1-2H3. The van der Waals surface area contributed by atoms with Crippen LogP contribution < -0.4 is 5.32 Å². The van der Waals surface area contributed by atoms with E-state index in [0.717, 1.165) is 6.07 Å². The van der Waals surface area contributed by atoms with E-state index < -0.39 is 11.6 Å². The summed E-state index contributed by atoms with van der Waals surface area (Å²) < 4.78 is 28.7. The Bertz CT molecular complexity index is 874. The minimum atomic E-state index is -0.531. The fraction of sp³-hybridized carbons (Fsp3) is 0.118. The highest BCUT2D eigenvalue weighted by Gasteiger charge is 2.19. The third-order valence-electron chi connectivity index (χ3n) is 3.58. The summed E-state index contributed by atoms with van der Waals surface area (Å²) in [5.74, 6) is -0.621. The average Bonchev–Trinajstić information content (AvgIpc) is 2.76. The highest BCUT2D eigenvalue weighted by molar-refractivity contribution is 5.84. The number of halogens is 2. The number of nitrogens with one attached hydrogen (secondary N) is 1. The molecule has 0 fully saturated rings. The number of phenolic OH excluding ortho intramolecular Hbond substituents is 1. The molecule has 0 atom stereocenters. The number of benzene rings is 2. The van der Waals surface area contributed by atoms with Crippen LogP contribution in [0.25, 0.3) is 11.1 Å². The summed E-state index contributed by atoms with van der Waals surface area (Å²) in [7, 11) is 1.71. The first kappa shape index (κ1) is 15.0. The average molecular weight is 315 g/mol. The molecular weight excluding hydrogens is 300 g/mol. The number of para-hydroxylation sites is 1. The number of nitrogens with zero attached hydrogens (tertiary/aromatic N) is 2. The maximum Gasteiger partial charge on any atom is 0.146 e. The molecule has 1 heterocycles. The molecule has 3 rings (SSSR count). The molecule has 2 N–H and O–H groups in total. The van der Waals surface area contributed by atoms with Gasteiger partial charge in [-0.15, -0.1) is 0 Å². The van der Waals surface area contributed by atoms with Crippen LogP contribution in [-0.4, -0.2) is 14.9 Å². The van der Waals surface area contributed by atoms with Crippen molar-refractivity contribution < 1.29 is 13.9 Å². The molecule has 6 heteroatoms. The van der Waals surface area contributed by atoms with E-state index in [0.29, 0.717) is 28.3 Å². The molecule has 0 radical (unpaired) electrons. The van der Waals surface area contributed by atoms with Crippen molar-refractivity contribution in [1.29, 1.82) is 0 Å². The van der Waals surface area contributed by atoms with Crippen LogP contribution in [0.1, 0.15) is 5.69 Å². The molecule has 0 aliphatic carbocycles. The molecule has 0 spiro atoms. The van der Waals surface area contributed by atoms with Crippen LogP contribution in [0.3, 0.4) is 0 Å². The van der Waals surface area contributed by atoms with Crippen molar-refractivity contribution in [2.24, 2.45) is 7.05 Å². The van der Waals surface area contributed by atoms with E-state index in [-0.39, 0.29) is 5.75 Å². The SMILES string of the molecule is Cc1nn(C)c(Nc2ccccc2F)c1-c1ccc(F)cc1O. The molecule has 1 aromatic heterocycles. The van der Waals surface area contributed by atoms with Crippen molar-refractivity contribution in [3.05, 3.63) is 59.8 Å². The Balaban J connectivity index is 2.13. The van der Waals surface area contributed by atoms with Gasteiger partial charge in [0.05, 0.1) is 16.9 Å². The Morgan fingerprint density at radius 3 is 2.57 bits per heavy atom. The number of anilines is 2. The Hall–Kier alpha value is -2.89. The van der Waals surface area contributed by atoms with E-state index in [9.17, 15) is 13.9 Å². The summed E-state index contributed by atoms with van der Waals surface area (Å²) in [5.41, 5.74) is 1.94. The summed E-state index contributed by atoms with van der Waals surface area (Å²) in [5, 5.41) is 17.3. The Morgan fingerprint density at radius 2 is 1.87 bits per heavy atom. The van der Waals surface area contributed by atoms with Gasteiger partial charge in [-0.05, 0) is 31.2 Å². The van der Waals surface area contributed by atoms with Crippen LogP contribution in [0, 0.1) is 18.6 Å². The molecule has 4 nitrogen and oxygen atoms in total. The lowest BCUT2D eigenvalue weighted by Gasteiger charge is -2.12. The zero-order valence-electron chi connectivity index (χ0n) is 12.6. The number of phenols is 1. The number of aromatic hydroxyl groups is 1. The van der Waals surface area contributed by atoms with Crippen LogP contribution in [0.15, 0.2) is 42.5 Å². The summed E-state index contributed by atoms with van der Waals surface area (Å²) >= 11 is 0. The highest BCUT2D eigenvalue weighted by atomic mass is 19.1. The van der Waals surface area contributed by atoms with Gasteiger partial charge in [-0.2, -0.15) is 5.10 Å². The molecule has 3 aromatic rings. The van der Waals surface area contributed by atoms with Crippen molar-refractivity contribution in [2.75, 3.05) is 5.32 Å². The van der Waals surface area contributed by atoms with E-state index >= 15 is 0 Å². The Kier molecular flexibility index (Phi) is 3.73. The van der Waals surface area contributed by atoms with Crippen molar-refractivity contribution >= 4 is 11.5 Å². The number of hydrogen-bond acceptors (Lipinski definition) is 3. The third-order valence-corrected chi connectivity index (χ3v) is 3.58. The molecule has 0 aliphatic heterocycles. The fourth-order valence-corrected chi connectivity index (χ4v) is 2.53. The molecule has 0 aliphatic rings. The van der Waals surface area contributed by atoms with Crippen LogP contribution in [0.4, 0.5) is 20.3 Å². The van der Waals surface area contributed by atoms with Crippen molar-refractivity contribution in [2.45, 2.75) is 6.92 Å². The minimum absolute atomic E-state index is 0.197. The number of aryl methyl sites for hydroxylation is 2. The summed E-state index contributed by atoms with van der Waals surface area (Å²) in [6, 6.07) is 10.0. The predicted molar refractivity (Wildman–Crippen MR) is 84.7 cm³/mol. The quantitative estimate of drug-likeness (QED) is 0.764. The van der Waals surface area contributed by atoms with Crippen LogP contribution in [0.2, 0.25) is 0 Å². The van der Waals surface area contributed by atoms with Gasteiger partial charge in [-0.3, -0.25) is 4.68 Å². The molecule has 2 aromatic carbocycles. The minimum Gasteiger partial charge on any atom is -0.507 e. The highest BCUT2D eigenvalue weighted by Crippen LogP contribution is 2.38. The van der Waals surface area contributed by atoms with Gasteiger partial charge in [-0.1, -0.05) is 12.1 Å². The van der Waals surface area contributed by atoms with Gasteiger partial charge in [0.2, 0.25) is 0 Å². The Morgan fingerprint density at radius 1 is 1.13 bits per heavy atom. The van der Waals surface area contributed by atoms with Crippen LogP contribution in [0.5, 0.6) is 5.75 Å². The van der Waals surface area contributed by atoms with E-state index in [1.165, 1.54) is 18.2 Å². The number of aromatic nitrogens is 2. The van der Waals surface area contributed by atoms with E-state index in [1.54, 1.807) is 36.9 Å². The first-order valence-electron chi connectivity index (χ1n) is 7.01. The monoisotopic (exact) mass is 315 g/mol. The lowest BCUT2D eigenvalue weighted by molar-refractivity contribution is 0.471. The zero-order chi connectivity index (χ0) is 16.6. The smallest absolute Gasteiger partial charge is 0.146 e. The second-order valence-electron chi connectivity index (χ2n) is 5.20. The van der Waals surface area contributed by atoms with Gasteiger partial charge in [0, 0.05) is 18.7 Å². The lowest BCUT2D eigenvalue weighted by atomic mass is 10.0. The van der Waals surface area contributed by atoms with Gasteiger partial charge in [0.1, 0.15) is 23.2 Å². The second-order valence-corrected chi connectivity index (χ2v) is 5.20. The number of rotatable bonds is 3. The summed E-state index contributed by atoms with van der Waals surface area (Å²) in [6.07, 6.45) is 0. The first-order chi connectivity index (χ1) is 11.0. The lowest BCUT2D eigenvalue weighted by Crippen LogP contribution is -2.01. The third kappa shape index (κ3) is 2.75. The van der Waals surface area contributed by atoms with E-state index in [1.807, 2.05) is 0 Å². The van der Waals surface area contributed by atoms with Gasteiger partial charge in [0.15, 0.2) is 0 Å². The second kappa shape index (κ2) is 5.72. The predicted octanol–water partition coefficient (Wildman–Crippen LogP) is 4.12. The maximum absolute atomic E-state index is 13.9. The summed E-state index contributed by atoms with van der Waals surface area (Å²) in [4.78, 5) is 0. The van der Waals surface area contributed by atoms with E-state index in [4.69, 9.17) is 0 Å². The largest absolute Gasteiger partial charge is 0.507 e. The number of hydrogen-bond donors (Lipinski definition) is 2. The van der Waals surface area contributed by atoms with Gasteiger partial charge >= 0.3 is 0 Å². The molecule has 0 saturated carbocycles. The van der Waals surface area contributed by atoms with Crippen molar-refractivity contribution in [3.63, 3.8) is 0 Å². The van der Waals surface area contributed by atoms with Crippen molar-refractivity contribution in [3.8, 4) is 16.9 Å². The topological polar surface area (TPSA) is 50.1 Å².